The molecule has 0 aliphatic rings. The third-order valence-corrected chi connectivity index (χ3v) is 3.79. The summed E-state index contributed by atoms with van der Waals surface area (Å²) in [5.74, 6) is 0. The standard InChI is InChI=1S/C17H25N3/c1-6-15-14(11-18-5)16(7-2)20(19-15)17-10-12(3)8-9-13(17)4/h8-10,18H,6-7,11H2,1-5H3. The van der Waals surface area contributed by atoms with Gasteiger partial charge in [0.15, 0.2) is 0 Å². The Morgan fingerprint density at radius 3 is 2.50 bits per heavy atom. The highest BCUT2D eigenvalue weighted by molar-refractivity contribution is 5.45. The fourth-order valence-electron chi connectivity index (χ4n) is 2.71. The van der Waals surface area contributed by atoms with Crippen molar-refractivity contribution >= 4 is 0 Å². The van der Waals surface area contributed by atoms with Crippen molar-refractivity contribution < 1.29 is 0 Å². The fraction of sp³-hybridized carbons (Fsp3) is 0.471. The molecule has 108 valence electrons. The first-order valence-electron chi connectivity index (χ1n) is 7.44. The number of hydrogen-bond donors (Lipinski definition) is 1. The number of nitrogens with zero attached hydrogens (tertiary/aromatic N) is 2. The summed E-state index contributed by atoms with van der Waals surface area (Å²) in [7, 11) is 1.99. The van der Waals surface area contributed by atoms with Gasteiger partial charge in [0, 0.05) is 17.8 Å². The Morgan fingerprint density at radius 1 is 1.15 bits per heavy atom. The molecule has 1 aromatic heterocycles. The zero-order valence-corrected chi connectivity index (χ0v) is 13.2. The van der Waals surface area contributed by atoms with Gasteiger partial charge >= 0.3 is 0 Å². The molecule has 0 fully saturated rings. The third-order valence-electron chi connectivity index (χ3n) is 3.79. The Kier molecular flexibility index (Phi) is 4.61. The van der Waals surface area contributed by atoms with Gasteiger partial charge in [-0.05, 0) is 50.9 Å². The van der Waals surface area contributed by atoms with Gasteiger partial charge in [0.25, 0.3) is 0 Å². The first kappa shape index (κ1) is 14.8. The molecule has 0 saturated carbocycles. The van der Waals surface area contributed by atoms with Gasteiger partial charge in [-0.25, -0.2) is 4.68 Å². The summed E-state index contributed by atoms with van der Waals surface area (Å²) >= 11 is 0. The number of aromatic nitrogens is 2. The lowest BCUT2D eigenvalue weighted by Gasteiger charge is -2.11. The number of nitrogens with one attached hydrogen (secondary N) is 1. The highest BCUT2D eigenvalue weighted by Gasteiger charge is 2.16. The predicted octanol–water partition coefficient (Wildman–Crippen LogP) is 3.33. The minimum Gasteiger partial charge on any atom is -0.316 e. The quantitative estimate of drug-likeness (QED) is 0.904. The van der Waals surface area contributed by atoms with Crippen LogP contribution in [0.5, 0.6) is 0 Å². The van der Waals surface area contributed by atoms with Crippen molar-refractivity contribution in [3.63, 3.8) is 0 Å². The molecule has 0 amide bonds. The molecule has 2 aromatic rings. The molecule has 0 saturated heterocycles. The molecular formula is C17H25N3. The lowest BCUT2D eigenvalue weighted by atomic mass is 10.1. The Hall–Kier alpha value is -1.61. The predicted molar refractivity (Wildman–Crippen MR) is 84.6 cm³/mol. The molecule has 0 aliphatic carbocycles. The fourth-order valence-corrected chi connectivity index (χ4v) is 2.71. The molecular weight excluding hydrogens is 246 g/mol. The van der Waals surface area contributed by atoms with Crippen molar-refractivity contribution in [1.29, 1.82) is 0 Å². The van der Waals surface area contributed by atoms with E-state index in [-0.39, 0.29) is 0 Å². The van der Waals surface area contributed by atoms with Crippen LogP contribution in [0.4, 0.5) is 0 Å². The van der Waals surface area contributed by atoms with Gasteiger partial charge in [0.2, 0.25) is 0 Å². The maximum Gasteiger partial charge on any atom is 0.0680 e. The number of rotatable bonds is 5. The van der Waals surface area contributed by atoms with Gasteiger partial charge in [0.05, 0.1) is 11.4 Å². The molecule has 3 heteroatoms. The smallest absolute Gasteiger partial charge is 0.0680 e. The molecule has 0 unspecified atom stereocenters. The van der Waals surface area contributed by atoms with E-state index in [2.05, 4.69) is 55.9 Å². The second-order valence-corrected chi connectivity index (χ2v) is 5.31. The largest absolute Gasteiger partial charge is 0.316 e. The van der Waals surface area contributed by atoms with Crippen LogP contribution in [-0.2, 0) is 19.4 Å². The van der Waals surface area contributed by atoms with Gasteiger partial charge in [0.1, 0.15) is 0 Å². The number of benzene rings is 1. The molecule has 1 N–H and O–H groups in total. The lowest BCUT2D eigenvalue weighted by molar-refractivity contribution is 0.776. The molecule has 3 nitrogen and oxygen atoms in total. The van der Waals surface area contributed by atoms with Gasteiger partial charge in [-0.3, -0.25) is 0 Å². The maximum absolute atomic E-state index is 4.87. The molecule has 0 aliphatic heterocycles. The Labute approximate surface area is 122 Å². The van der Waals surface area contributed by atoms with Crippen LogP contribution in [0.15, 0.2) is 18.2 Å². The second-order valence-electron chi connectivity index (χ2n) is 5.31. The highest BCUT2D eigenvalue weighted by Crippen LogP contribution is 2.23. The van der Waals surface area contributed by atoms with Crippen LogP contribution in [-0.4, -0.2) is 16.8 Å². The molecule has 2 rings (SSSR count). The molecule has 0 radical (unpaired) electrons. The summed E-state index contributed by atoms with van der Waals surface area (Å²) in [6.45, 7) is 9.55. The Balaban J connectivity index is 2.64. The molecule has 0 atom stereocenters. The molecule has 0 bridgehead atoms. The minimum atomic E-state index is 0.886. The molecule has 0 spiro atoms. The SMILES string of the molecule is CCc1nn(-c2cc(C)ccc2C)c(CC)c1CNC. The van der Waals surface area contributed by atoms with Crippen LogP contribution in [0.2, 0.25) is 0 Å². The van der Waals surface area contributed by atoms with E-state index in [0.717, 1.165) is 19.4 Å². The van der Waals surface area contributed by atoms with E-state index < -0.39 is 0 Å². The van der Waals surface area contributed by atoms with Gasteiger partial charge in [-0.2, -0.15) is 5.10 Å². The van der Waals surface area contributed by atoms with Gasteiger partial charge in [-0.15, -0.1) is 0 Å². The third kappa shape index (κ3) is 2.63. The van der Waals surface area contributed by atoms with Crippen molar-refractivity contribution in [1.82, 2.24) is 15.1 Å². The summed E-state index contributed by atoms with van der Waals surface area (Å²) < 4.78 is 2.15. The van der Waals surface area contributed by atoms with Crippen LogP contribution >= 0.6 is 0 Å². The van der Waals surface area contributed by atoms with Crippen molar-refractivity contribution in [3.05, 3.63) is 46.3 Å². The average molecular weight is 271 g/mol. The zero-order valence-electron chi connectivity index (χ0n) is 13.2. The summed E-state index contributed by atoms with van der Waals surface area (Å²) in [5, 5.41) is 8.14. The first-order valence-corrected chi connectivity index (χ1v) is 7.44. The molecule has 20 heavy (non-hydrogen) atoms. The van der Waals surface area contributed by atoms with Crippen LogP contribution in [0.25, 0.3) is 5.69 Å². The molecule has 1 aromatic carbocycles. The van der Waals surface area contributed by atoms with Crippen LogP contribution in [0, 0.1) is 13.8 Å². The van der Waals surface area contributed by atoms with E-state index in [1.54, 1.807) is 0 Å². The molecule has 1 heterocycles. The number of hydrogen-bond acceptors (Lipinski definition) is 2. The summed E-state index contributed by atoms with van der Waals surface area (Å²) in [4.78, 5) is 0. The van der Waals surface area contributed by atoms with E-state index in [1.165, 1.54) is 33.8 Å². The summed E-state index contributed by atoms with van der Waals surface area (Å²) in [6.07, 6.45) is 1.97. The highest BCUT2D eigenvalue weighted by atomic mass is 15.3. The van der Waals surface area contributed by atoms with Crippen molar-refractivity contribution in [3.8, 4) is 5.69 Å². The average Bonchev–Trinajstić information content (AvgIpc) is 2.79. The second kappa shape index (κ2) is 6.23. The van der Waals surface area contributed by atoms with Gasteiger partial charge < -0.3 is 5.32 Å². The topological polar surface area (TPSA) is 29.9 Å². The van der Waals surface area contributed by atoms with Crippen molar-refractivity contribution in [2.75, 3.05) is 7.05 Å². The summed E-state index contributed by atoms with van der Waals surface area (Å²) in [5.41, 5.74) is 7.64. The van der Waals surface area contributed by atoms with E-state index in [4.69, 9.17) is 5.10 Å². The maximum atomic E-state index is 4.87. The normalized spacial score (nSPS) is 11.1. The van der Waals surface area contributed by atoms with Crippen LogP contribution in [0.3, 0.4) is 0 Å². The Bertz CT molecular complexity index is 597. The van der Waals surface area contributed by atoms with Crippen molar-refractivity contribution in [2.24, 2.45) is 0 Å². The van der Waals surface area contributed by atoms with Gasteiger partial charge in [-0.1, -0.05) is 26.0 Å². The van der Waals surface area contributed by atoms with Crippen LogP contribution < -0.4 is 5.32 Å². The minimum absolute atomic E-state index is 0.886. The summed E-state index contributed by atoms with van der Waals surface area (Å²) in [6, 6.07) is 6.56. The lowest BCUT2D eigenvalue weighted by Crippen LogP contribution is -2.10. The monoisotopic (exact) mass is 271 g/mol. The van der Waals surface area contributed by atoms with E-state index in [9.17, 15) is 0 Å². The van der Waals surface area contributed by atoms with Crippen molar-refractivity contribution in [2.45, 2.75) is 47.1 Å². The van der Waals surface area contributed by atoms with E-state index in [0.29, 0.717) is 0 Å². The number of aryl methyl sites for hydroxylation is 3. The zero-order chi connectivity index (χ0) is 14.7. The van der Waals surface area contributed by atoms with Crippen LogP contribution in [0.1, 0.15) is 41.9 Å². The van der Waals surface area contributed by atoms with E-state index >= 15 is 0 Å². The first-order chi connectivity index (χ1) is 9.62. The Morgan fingerprint density at radius 2 is 1.90 bits per heavy atom. The van der Waals surface area contributed by atoms with E-state index in [1.807, 2.05) is 7.05 Å².